The van der Waals surface area contributed by atoms with E-state index in [0.717, 1.165) is 26.3 Å². The second kappa shape index (κ2) is 4.70. The lowest BCUT2D eigenvalue weighted by Crippen LogP contribution is -2.47. The van der Waals surface area contributed by atoms with E-state index in [4.69, 9.17) is 4.74 Å². The summed E-state index contributed by atoms with van der Waals surface area (Å²) in [4.78, 5) is 2.25. The molecule has 0 bridgehead atoms. The fraction of sp³-hybridized carbons (Fsp3) is 1.00. The molecule has 0 aromatic heterocycles. The van der Waals surface area contributed by atoms with Crippen LogP contribution in [0.4, 0.5) is 0 Å². The van der Waals surface area contributed by atoms with Crippen molar-refractivity contribution < 1.29 is 4.74 Å². The van der Waals surface area contributed by atoms with Crippen molar-refractivity contribution in [1.29, 1.82) is 0 Å². The summed E-state index contributed by atoms with van der Waals surface area (Å²) in [7, 11) is 2.10. The van der Waals surface area contributed by atoms with Crippen molar-refractivity contribution in [3.05, 3.63) is 0 Å². The average Bonchev–Trinajstić information content (AvgIpc) is 2.07. The molecule has 1 radical (unpaired) electrons. The van der Waals surface area contributed by atoms with Crippen LogP contribution in [-0.4, -0.2) is 44.4 Å². The molecule has 1 saturated heterocycles. The van der Waals surface area contributed by atoms with Crippen LogP contribution in [0.3, 0.4) is 0 Å². The van der Waals surface area contributed by atoms with Crippen LogP contribution in [0.5, 0.6) is 0 Å². The van der Waals surface area contributed by atoms with Gasteiger partial charge >= 0.3 is 0 Å². The van der Waals surface area contributed by atoms with Crippen LogP contribution in [-0.2, 0) is 4.74 Å². The van der Waals surface area contributed by atoms with Crippen LogP contribution in [0.25, 0.3) is 0 Å². The lowest BCUT2D eigenvalue weighted by molar-refractivity contribution is 0.0167. The van der Waals surface area contributed by atoms with Gasteiger partial charge in [-0.05, 0) is 20.0 Å². The first kappa shape index (κ1) is 8.97. The summed E-state index contributed by atoms with van der Waals surface area (Å²) in [6.07, 6.45) is 1.49. The van der Waals surface area contributed by atoms with E-state index < -0.39 is 0 Å². The Labute approximate surface area is 68.7 Å². The monoisotopic (exact) mass is 157 g/mol. The maximum atomic E-state index is 5.31. The number of morpholine rings is 1. The van der Waals surface area contributed by atoms with Gasteiger partial charge in [0.1, 0.15) is 0 Å². The Morgan fingerprint density at radius 3 is 3.00 bits per heavy atom. The third-order valence-electron chi connectivity index (χ3n) is 1.93. The minimum absolute atomic E-state index is 0.309. The second-order valence-corrected chi connectivity index (χ2v) is 2.94. The van der Waals surface area contributed by atoms with Crippen LogP contribution >= 0.6 is 0 Å². The van der Waals surface area contributed by atoms with Gasteiger partial charge < -0.3 is 4.74 Å². The van der Waals surface area contributed by atoms with Gasteiger partial charge in [-0.3, -0.25) is 4.90 Å². The Morgan fingerprint density at radius 2 is 2.45 bits per heavy atom. The highest BCUT2D eigenvalue weighted by Crippen LogP contribution is 2.00. The van der Waals surface area contributed by atoms with Gasteiger partial charge in [-0.25, -0.2) is 5.32 Å². The van der Waals surface area contributed by atoms with Crippen molar-refractivity contribution in [2.75, 3.05) is 33.4 Å². The molecule has 0 aromatic carbocycles. The number of hydrogen-bond acceptors (Lipinski definition) is 2. The topological polar surface area (TPSA) is 26.6 Å². The third-order valence-corrected chi connectivity index (χ3v) is 1.93. The molecular weight excluding hydrogens is 140 g/mol. The fourth-order valence-corrected chi connectivity index (χ4v) is 1.28. The van der Waals surface area contributed by atoms with Gasteiger partial charge in [0.25, 0.3) is 0 Å². The van der Waals surface area contributed by atoms with Crippen molar-refractivity contribution in [3.63, 3.8) is 0 Å². The molecule has 1 atom stereocenters. The summed E-state index contributed by atoms with van der Waals surface area (Å²) in [5.74, 6) is 0. The largest absolute Gasteiger partial charge is 0.377 e. The highest BCUT2D eigenvalue weighted by Gasteiger charge is 2.17. The molecule has 1 rings (SSSR count). The van der Waals surface area contributed by atoms with Gasteiger partial charge in [0.15, 0.2) is 0 Å². The van der Waals surface area contributed by atoms with Gasteiger partial charge in [0, 0.05) is 6.54 Å². The normalized spacial score (nSPS) is 25.9. The van der Waals surface area contributed by atoms with Crippen molar-refractivity contribution in [1.82, 2.24) is 10.2 Å². The molecule has 1 unspecified atom stereocenters. The molecular formula is C8H17N2O. The van der Waals surface area contributed by atoms with E-state index in [1.165, 1.54) is 6.42 Å². The van der Waals surface area contributed by atoms with E-state index in [9.17, 15) is 0 Å². The minimum Gasteiger partial charge on any atom is -0.377 e. The highest BCUT2D eigenvalue weighted by molar-refractivity contribution is 4.68. The van der Waals surface area contributed by atoms with Crippen LogP contribution in [0.1, 0.15) is 13.3 Å². The lowest BCUT2D eigenvalue weighted by Gasteiger charge is -2.30. The molecule has 1 aliphatic heterocycles. The van der Waals surface area contributed by atoms with Crippen LogP contribution < -0.4 is 5.32 Å². The molecule has 0 spiro atoms. The number of nitrogens with zero attached hydrogens (tertiary/aromatic N) is 2. The van der Waals surface area contributed by atoms with Crippen molar-refractivity contribution in [3.8, 4) is 0 Å². The number of likely N-dealkylation sites (N-methyl/N-ethyl adjacent to an activating group) is 1. The Bertz CT molecular complexity index is 102. The summed E-state index contributed by atoms with van der Waals surface area (Å²) in [6.45, 7) is 5.73. The summed E-state index contributed by atoms with van der Waals surface area (Å²) >= 11 is 0. The number of hydrogen-bond donors (Lipinski definition) is 0. The van der Waals surface area contributed by atoms with Gasteiger partial charge in [-0.15, -0.1) is 0 Å². The van der Waals surface area contributed by atoms with E-state index in [1.807, 2.05) is 0 Å². The van der Waals surface area contributed by atoms with Crippen LogP contribution in [0.2, 0.25) is 0 Å². The smallest absolute Gasteiger partial charge is 0.0996 e. The summed E-state index contributed by atoms with van der Waals surface area (Å²) < 4.78 is 5.31. The average molecular weight is 157 g/mol. The summed E-state index contributed by atoms with van der Waals surface area (Å²) in [6, 6.07) is 0. The fourth-order valence-electron chi connectivity index (χ4n) is 1.28. The van der Waals surface area contributed by atoms with Gasteiger partial charge in [-0.2, -0.15) is 0 Å². The molecule has 0 saturated carbocycles. The Morgan fingerprint density at radius 1 is 1.64 bits per heavy atom. The van der Waals surface area contributed by atoms with Gasteiger partial charge in [0.2, 0.25) is 0 Å². The molecule has 11 heavy (non-hydrogen) atoms. The zero-order valence-corrected chi connectivity index (χ0v) is 7.42. The predicted molar refractivity (Wildman–Crippen MR) is 44.5 cm³/mol. The van der Waals surface area contributed by atoms with Crippen molar-refractivity contribution >= 4 is 0 Å². The van der Waals surface area contributed by atoms with E-state index in [0.29, 0.717) is 6.17 Å². The van der Waals surface area contributed by atoms with E-state index in [-0.39, 0.29) is 0 Å². The molecule has 0 N–H and O–H groups in total. The molecule has 3 nitrogen and oxygen atoms in total. The Balaban J connectivity index is 2.21. The first-order valence-corrected chi connectivity index (χ1v) is 4.29. The lowest BCUT2D eigenvalue weighted by atomic mass is 10.3. The van der Waals surface area contributed by atoms with Crippen molar-refractivity contribution in [2.45, 2.75) is 19.5 Å². The molecule has 1 fully saturated rings. The molecule has 0 aromatic rings. The van der Waals surface area contributed by atoms with Crippen LogP contribution in [0.15, 0.2) is 0 Å². The third kappa shape index (κ3) is 2.77. The molecule has 65 valence electrons. The van der Waals surface area contributed by atoms with E-state index in [1.54, 1.807) is 0 Å². The van der Waals surface area contributed by atoms with Crippen molar-refractivity contribution in [2.24, 2.45) is 0 Å². The number of rotatable bonds is 3. The summed E-state index contributed by atoms with van der Waals surface area (Å²) in [5, 5.41) is 4.45. The zero-order valence-electron chi connectivity index (χ0n) is 7.42. The molecule has 1 heterocycles. The second-order valence-electron chi connectivity index (χ2n) is 2.94. The Hall–Kier alpha value is -0.120. The maximum Gasteiger partial charge on any atom is 0.0996 e. The summed E-state index contributed by atoms with van der Waals surface area (Å²) in [5.41, 5.74) is 0. The maximum absolute atomic E-state index is 5.31. The quantitative estimate of drug-likeness (QED) is 0.588. The SMILES string of the molecule is CCCN(C)C1COCC[N]1. The number of ether oxygens (including phenoxy) is 1. The Kier molecular flexibility index (Phi) is 3.83. The minimum atomic E-state index is 0.309. The highest BCUT2D eigenvalue weighted by atomic mass is 16.5. The van der Waals surface area contributed by atoms with Crippen LogP contribution in [0, 0.1) is 0 Å². The van der Waals surface area contributed by atoms with Gasteiger partial charge in [0.05, 0.1) is 19.4 Å². The molecule has 3 heteroatoms. The van der Waals surface area contributed by atoms with E-state index >= 15 is 0 Å². The first-order chi connectivity index (χ1) is 5.34. The molecule has 0 amide bonds. The zero-order chi connectivity index (χ0) is 8.10. The molecule has 1 aliphatic rings. The predicted octanol–water partition coefficient (Wildman–Crippen LogP) is 0.289. The van der Waals surface area contributed by atoms with Gasteiger partial charge in [-0.1, -0.05) is 6.92 Å². The van der Waals surface area contributed by atoms with E-state index in [2.05, 4.69) is 24.2 Å². The molecule has 0 aliphatic carbocycles. The standard InChI is InChI=1S/C8H17N2O/c1-3-5-10(2)8-7-11-6-4-9-8/h8H,3-7H2,1-2H3. The first-order valence-electron chi connectivity index (χ1n) is 4.29.